The molecule has 86 valence electrons. The van der Waals surface area contributed by atoms with E-state index < -0.39 is 5.97 Å². The van der Waals surface area contributed by atoms with E-state index in [0.29, 0.717) is 5.88 Å². The van der Waals surface area contributed by atoms with E-state index in [9.17, 15) is 4.79 Å². The molecule has 1 aromatic rings. The second-order valence-electron chi connectivity index (χ2n) is 3.78. The molecule has 2 rings (SSSR count). The van der Waals surface area contributed by atoms with Gasteiger partial charge in [-0.2, -0.15) is 0 Å². The minimum atomic E-state index is -0.972. The highest BCUT2D eigenvalue weighted by Gasteiger charge is 2.27. The van der Waals surface area contributed by atoms with Gasteiger partial charge in [-0.05, 0) is 12.6 Å². The molecular weight excluding hydrogens is 208 g/mol. The van der Waals surface area contributed by atoms with Crippen LogP contribution in [0.3, 0.4) is 0 Å². The van der Waals surface area contributed by atoms with Crippen molar-refractivity contribution in [3.63, 3.8) is 0 Å². The SMILES string of the molecule is CCN1CC(Oc2ccc(C(=O)O)cn2)C1. The molecule has 0 spiro atoms. The van der Waals surface area contributed by atoms with Gasteiger partial charge in [0.05, 0.1) is 5.56 Å². The number of aromatic nitrogens is 1. The second-order valence-corrected chi connectivity index (χ2v) is 3.78. The number of ether oxygens (including phenoxy) is 1. The van der Waals surface area contributed by atoms with Crippen molar-refractivity contribution in [3.05, 3.63) is 23.9 Å². The molecular formula is C11H14N2O3. The zero-order valence-corrected chi connectivity index (χ0v) is 9.09. The second kappa shape index (κ2) is 4.49. The third-order valence-electron chi connectivity index (χ3n) is 2.64. The van der Waals surface area contributed by atoms with E-state index in [1.807, 2.05) is 0 Å². The van der Waals surface area contributed by atoms with Gasteiger partial charge in [-0.15, -0.1) is 0 Å². The Hall–Kier alpha value is -1.62. The smallest absolute Gasteiger partial charge is 0.337 e. The lowest BCUT2D eigenvalue weighted by Gasteiger charge is -2.37. The molecule has 1 saturated heterocycles. The molecule has 0 radical (unpaired) electrons. The predicted octanol–water partition coefficient (Wildman–Crippen LogP) is 0.863. The van der Waals surface area contributed by atoms with Gasteiger partial charge in [0.15, 0.2) is 0 Å². The molecule has 0 bridgehead atoms. The molecule has 1 aliphatic rings. The van der Waals surface area contributed by atoms with Crippen LogP contribution < -0.4 is 4.74 Å². The van der Waals surface area contributed by atoms with Crippen LogP contribution in [-0.2, 0) is 0 Å². The molecule has 16 heavy (non-hydrogen) atoms. The number of likely N-dealkylation sites (N-methyl/N-ethyl adjacent to an activating group) is 1. The van der Waals surface area contributed by atoms with E-state index in [4.69, 9.17) is 9.84 Å². The third kappa shape index (κ3) is 2.30. The number of hydrogen-bond acceptors (Lipinski definition) is 4. The van der Waals surface area contributed by atoms with Crippen molar-refractivity contribution in [2.24, 2.45) is 0 Å². The summed E-state index contributed by atoms with van der Waals surface area (Å²) in [5, 5.41) is 8.69. The average molecular weight is 222 g/mol. The molecule has 0 amide bonds. The molecule has 5 heteroatoms. The van der Waals surface area contributed by atoms with E-state index in [-0.39, 0.29) is 11.7 Å². The Bertz CT molecular complexity index is 371. The third-order valence-corrected chi connectivity index (χ3v) is 2.64. The molecule has 0 atom stereocenters. The molecule has 2 heterocycles. The van der Waals surface area contributed by atoms with Crippen LogP contribution in [0.4, 0.5) is 0 Å². The van der Waals surface area contributed by atoms with Crippen molar-refractivity contribution in [1.82, 2.24) is 9.88 Å². The Kier molecular flexibility index (Phi) is 3.05. The normalized spacial score (nSPS) is 16.8. The summed E-state index contributed by atoms with van der Waals surface area (Å²) < 4.78 is 5.57. The predicted molar refractivity (Wildman–Crippen MR) is 57.7 cm³/mol. The number of hydrogen-bond donors (Lipinski definition) is 1. The molecule has 1 aromatic heterocycles. The largest absolute Gasteiger partial charge is 0.478 e. The monoisotopic (exact) mass is 222 g/mol. The van der Waals surface area contributed by atoms with Crippen LogP contribution in [0.25, 0.3) is 0 Å². The maximum atomic E-state index is 10.6. The summed E-state index contributed by atoms with van der Waals surface area (Å²) in [4.78, 5) is 16.8. The summed E-state index contributed by atoms with van der Waals surface area (Å²) in [6.07, 6.45) is 1.50. The first-order valence-corrected chi connectivity index (χ1v) is 5.27. The van der Waals surface area contributed by atoms with Gasteiger partial charge < -0.3 is 9.84 Å². The van der Waals surface area contributed by atoms with Crippen molar-refractivity contribution in [2.45, 2.75) is 13.0 Å². The van der Waals surface area contributed by atoms with E-state index in [0.717, 1.165) is 19.6 Å². The summed E-state index contributed by atoms with van der Waals surface area (Å²) in [6.45, 7) is 4.97. The fourth-order valence-corrected chi connectivity index (χ4v) is 1.60. The van der Waals surface area contributed by atoms with Crippen LogP contribution in [0, 0.1) is 0 Å². The Labute approximate surface area is 93.7 Å². The minimum absolute atomic E-state index is 0.177. The molecule has 0 saturated carbocycles. The van der Waals surface area contributed by atoms with Crippen molar-refractivity contribution < 1.29 is 14.6 Å². The quantitative estimate of drug-likeness (QED) is 0.818. The first kappa shape index (κ1) is 10.9. The number of nitrogens with zero attached hydrogens (tertiary/aromatic N) is 2. The zero-order chi connectivity index (χ0) is 11.5. The highest BCUT2D eigenvalue weighted by molar-refractivity contribution is 5.87. The number of carboxylic acid groups (broad SMARTS) is 1. The molecule has 1 aliphatic heterocycles. The highest BCUT2D eigenvalue weighted by Crippen LogP contribution is 2.15. The number of aromatic carboxylic acids is 1. The zero-order valence-electron chi connectivity index (χ0n) is 9.09. The Morgan fingerprint density at radius 2 is 2.38 bits per heavy atom. The summed E-state index contributed by atoms with van der Waals surface area (Å²) in [6, 6.07) is 3.10. The highest BCUT2D eigenvalue weighted by atomic mass is 16.5. The first-order valence-electron chi connectivity index (χ1n) is 5.27. The molecule has 1 N–H and O–H groups in total. The summed E-state index contributed by atoms with van der Waals surface area (Å²) in [5.41, 5.74) is 0.177. The van der Waals surface area contributed by atoms with Gasteiger partial charge in [-0.1, -0.05) is 6.92 Å². The van der Waals surface area contributed by atoms with Crippen LogP contribution in [0.15, 0.2) is 18.3 Å². The van der Waals surface area contributed by atoms with Crippen LogP contribution in [0.1, 0.15) is 17.3 Å². The summed E-state index contributed by atoms with van der Waals surface area (Å²) in [5.74, 6) is -0.481. The number of pyridine rings is 1. The van der Waals surface area contributed by atoms with Gasteiger partial charge in [0.1, 0.15) is 6.10 Å². The first-order chi connectivity index (χ1) is 7.69. The lowest BCUT2D eigenvalue weighted by molar-refractivity contribution is 0.0209. The van der Waals surface area contributed by atoms with E-state index in [1.165, 1.54) is 12.3 Å². The standard InChI is InChI=1S/C11H14N2O3/c1-2-13-6-9(7-13)16-10-4-3-8(5-12-10)11(14)15/h3-5,9H,2,6-7H2,1H3,(H,14,15). The summed E-state index contributed by atoms with van der Waals surface area (Å²) >= 11 is 0. The molecule has 0 aliphatic carbocycles. The van der Waals surface area contributed by atoms with Crippen LogP contribution in [0.2, 0.25) is 0 Å². The van der Waals surface area contributed by atoms with E-state index in [2.05, 4.69) is 16.8 Å². The number of carbonyl (C=O) groups is 1. The van der Waals surface area contributed by atoms with Crippen molar-refractivity contribution in [2.75, 3.05) is 19.6 Å². The molecule has 0 unspecified atom stereocenters. The fraction of sp³-hybridized carbons (Fsp3) is 0.455. The maximum absolute atomic E-state index is 10.6. The summed E-state index contributed by atoms with van der Waals surface area (Å²) in [7, 11) is 0. The molecule has 0 aromatic carbocycles. The van der Waals surface area contributed by atoms with Crippen LogP contribution in [-0.4, -0.2) is 46.7 Å². The van der Waals surface area contributed by atoms with Gasteiger partial charge in [0.25, 0.3) is 0 Å². The van der Waals surface area contributed by atoms with Crippen molar-refractivity contribution >= 4 is 5.97 Å². The van der Waals surface area contributed by atoms with Crippen molar-refractivity contribution in [1.29, 1.82) is 0 Å². The number of carboxylic acids is 1. The Morgan fingerprint density at radius 1 is 1.62 bits per heavy atom. The van der Waals surface area contributed by atoms with Crippen LogP contribution >= 0.6 is 0 Å². The van der Waals surface area contributed by atoms with Gasteiger partial charge in [-0.25, -0.2) is 9.78 Å². The van der Waals surface area contributed by atoms with E-state index in [1.54, 1.807) is 6.07 Å². The molecule has 5 nitrogen and oxygen atoms in total. The van der Waals surface area contributed by atoms with Gasteiger partial charge in [-0.3, -0.25) is 4.90 Å². The fourth-order valence-electron chi connectivity index (χ4n) is 1.60. The average Bonchev–Trinajstić information content (AvgIpc) is 2.23. The van der Waals surface area contributed by atoms with Crippen molar-refractivity contribution in [3.8, 4) is 5.88 Å². The van der Waals surface area contributed by atoms with Gasteiger partial charge in [0, 0.05) is 25.4 Å². The number of likely N-dealkylation sites (tertiary alicyclic amines) is 1. The number of rotatable bonds is 4. The topological polar surface area (TPSA) is 62.7 Å². The van der Waals surface area contributed by atoms with Gasteiger partial charge in [0.2, 0.25) is 5.88 Å². The Balaban J connectivity index is 1.89. The maximum Gasteiger partial charge on any atom is 0.337 e. The van der Waals surface area contributed by atoms with Gasteiger partial charge >= 0.3 is 5.97 Å². The minimum Gasteiger partial charge on any atom is -0.478 e. The lowest BCUT2D eigenvalue weighted by atomic mass is 10.2. The van der Waals surface area contributed by atoms with E-state index >= 15 is 0 Å². The van der Waals surface area contributed by atoms with Crippen LogP contribution in [0.5, 0.6) is 5.88 Å². The lowest BCUT2D eigenvalue weighted by Crippen LogP contribution is -2.53. The molecule has 1 fully saturated rings. The Morgan fingerprint density at radius 3 is 2.88 bits per heavy atom.